The number of rotatable bonds is 5. The largest absolute Gasteiger partial charge is 0.399 e. The third kappa shape index (κ3) is 4.32. The molecule has 0 bridgehead atoms. The van der Waals surface area contributed by atoms with Gasteiger partial charge < -0.3 is 15.6 Å². The maximum atomic E-state index is 12.0. The van der Waals surface area contributed by atoms with E-state index in [1.807, 2.05) is 44.0 Å². The van der Waals surface area contributed by atoms with Crippen molar-refractivity contribution >= 4 is 17.3 Å². The molecule has 0 aliphatic heterocycles. The van der Waals surface area contributed by atoms with Crippen LogP contribution in [0.1, 0.15) is 17.0 Å². The fourth-order valence-electron chi connectivity index (χ4n) is 2.09. The lowest BCUT2D eigenvalue weighted by atomic mass is 10.2. The Labute approximate surface area is 123 Å². The van der Waals surface area contributed by atoms with Crippen molar-refractivity contribution < 1.29 is 9.32 Å². The van der Waals surface area contributed by atoms with Crippen LogP contribution >= 0.6 is 0 Å². The molecule has 0 spiro atoms. The highest BCUT2D eigenvalue weighted by Gasteiger charge is 2.10. The molecule has 0 radical (unpaired) electrons. The van der Waals surface area contributed by atoms with Gasteiger partial charge in [0.25, 0.3) is 0 Å². The summed E-state index contributed by atoms with van der Waals surface area (Å²) in [6.45, 7) is 4.59. The first-order valence-corrected chi connectivity index (χ1v) is 6.71. The molecular weight excluding hydrogens is 268 g/mol. The minimum Gasteiger partial charge on any atom is -0.399 e. The van der Waals surface area contributed by atoms with Gasteiger partial charge in [0.05, 0.1) is 12.2 Å². The average Bonchev–Trinajstić information content (AvgIpc) is 2.78. The molecule has 1 aromatic carbocycles. The topological polar surface area (TPSA) is 84.4 Å². The van der Waals surface area contributed by atoms with Crippen LogP contribution in [0.15, 0.2) is 28.8 Å². The summed E-state index contributed by atoms with van der Waals surface area (Å²) in [6, 6.07) is 7.27. The van der Waals surface area contributed by atoms with Gasteiger partial charge in [0, 0.05) is 24.0 Å². The summed E-state index contributed by atoms with van der Waals surface area (Å²) in [4.78, 5) is 13.9. The average molecular weight is 288 g/mol. The number of carbonyl (C=O) groups excluding carboxylic acids is 1. The zero-order chi connectivity index (χ0) is 15.4. The molecule has 6 heteroatoms. The molecule has 6 nitrogen and oxygen atoms in total. The van der Waals surface area contributed by atoms with Crippen LogP contribution in [0.4, 0.5) is 11.4 Å². The van der Waals surface area contributed by atoms with Gasteiger partial charge >= 0.3 is 0 Å². The molecule has 1 heterocycles. The van der Waals surface area contributed by atoms with Crippen LogP contribution in [0.3, 0.4) is 0 Å². The summed E-state index contributed by atoms with van der Waals surface area (Å²) in [5.41, 5.74) is 8.91. The second kappa shape index (κ2) is 6.41. The summed E-state index contributed by atoms with van der Waals surface area (Å²) in [6.07, 6.45) is 0. The third-order valence-corrected chi connectivity index (χ3v) is 3.05. The smallest absolute Gasteiger partial charge is 0.238 e. The number of anilines is 2. The number of carbonyl (C=O) groups is 1. The van der Waals surface area contributed by atoms with Crippen LogP contribution in [-0.2, 0) is 11.3 Å². The fraction of sp³-hybridized carbons (Fsp3) is 0.333. The molecular formula is C15H20N4O2. The lowest BCUT2D eigenvalue weighted by Gasteiger charge is -2.15. The standard InChI is InChI=1S/C15H20N4O2/c1-10-6-12(16)4-5-14(10)17-15(20)9-19(3)8-13-7-11(2)21-18-13/h4-7H,8-9,16H2,1-3H3,(H,17,20). The lowest BCUT2D eigenvalue weighted by Crippen LogP contribution is -2.30. The van der Waals surface area contributed by atoms with Gasteiger partial charge in [0.2, 0.25) is 5.91 Å². The minimum atomic E-state index is -0.0782. The van der Waals surface area contributed by atoms with Crippen molar-refractivity contribution in [1.82, 2.24) is 10.1 Å². The number of aromatic nitrogens is 1. The number of nitrogen functional groups attached to an aromatic ring is 1. The molecule has 112 valence electrons. The van der Waals surface area contributed by atoms with Crippen molar-refractivity contribution in [2.75, 3.05) is 24.6 Å². The first kappa shape index (κ1) is 15.1. The lowest BCUT2D eigenvalue weighted by molar-refractivity contribution is -0.117. The third-order valence-electron chi connectivity index (χ3n) is 3.05. The number of amides is 1. The second-order valence-electron chi connectivity index (χ2n) is 5.22. The van der Waals surface area contributed by atoms with E-state index in [2.05, 4.69) is 10.5 Å². The summed E-state index contributed by atoms with van der Waals surface area (Å²) < 4.78 is 5.00. The van der Waals surface area contributed by atoms with Crippen LogP contribution < -0.4 is 11.1 Å². The predicted molar refractivity (Wildman–Crippen MR) is 81.8 cm³/mol. The second-order valence-corrected chi connectivity index (χ2v) is 5.22. The van der Waals surface area contributed by atoms with Crippen molar-refractivity contribution in [2.24, 2.45) is 0 Å². The SMILES string of the molecule is Cc1cc(CN(C)CC(=O)Nc2ccc(N)cc2C)no1. The quantitative estimate of drug-likeness (QED) is 0.821. The molecule has 2 rings (SSSR count). The van der Waals surface area contributed by atoms with E-state index in [9.17, 15) is 4.79 Å². The predicted octanol–water partition coefficient (Wildman–Crippen LogP) is 1.94. The van der Waals surface area contributed by atoms with Crippen molar-refractivity contribution in [3.05, 3.63) is 41.3 Å². The number of hydrogen-bond donors (Lipinski definition) is 2. The Morgan fingerprint density at radius 2 is 2.14 bits per heavy atom. The van der Waals surface area contributed by atoms with Crippen LogP contribution in [0, 0.1) is 13.8 Å². The van der Waals surface area contributed by atoms with Gasteiger partial charge in [-0.3, -0.25) is 9.69 Å². The number of benzene rings is 1. The van der Waals surface area contributed by atoms with Crippen LogP contribution in [0.5, 0.6) is 0 Å². The van der Waals surface area contributed by atoms with Crippen molar-refractivity contribution in [3.8, 4) is 0 Å². The molecule has 0 aliphatic rings. The van der Waals surface area contributed by atoms with E-state index < -0.39 is 0 Å². The van der Waals surface area contributed by atoms with E-state index in [0.717, 1.165) is 22.7 Å². The summed E-state index contributed by atoms with van der Waals surface area (Å²) in [5.74, 6) is 0.686. The summed E-state index contributed by atoms with van der Waals surface area (Å²) >= 11 is 0. The molecule has 0 aliphatic carbocycles. The van der Waals surface area contributed by atoms with Crippen molar-refractivity contribution in [1.29, 1.82) is 0 Å². The number of nitrogens with zero attached hydrogens (tertiary/aromatic N) is 2. The van der Waals surface area contributed by atoms with Crippen LogP contribution in [0.2, 0.25) is 0 Å². The molecule has 0 saturated carbocycles. The van der Waals surface area contributed by atoms with E-state index >= 15 is 0 Å². The fourth-order valence-corrected chi connectivity index (χ4v) is 2.09. The number of nitrogens with one attached hydrogen (secondary N) is 1. The number of aryl methyl sites for hydroxylation is 2. The Morgan fingerprint density at radius 3 is 2.76 bits per heavy atom. The van der Waals surface area contributed by atoms with Crippen LogP contribution in [0.25, 0.3) is 0 Å². The van der Waals surface area contributed by atoms with E-state index in [1.165, 1.54) is 0 Å². The van der Waals surface area contributed by atoms with E-state index in [0.29, 0.717) is 12.2 Å². The van der Waals surface area contributed by atoms with Crippen molar-refractivity contribution in [3.63, 3.8) is 0 Å². The number of nitrogens with two attached hydrogens (primary N) is 1. The molecule has 2 aromatic rings. The number of hydrogen-bond acceptors (Lipinski definition) is 5. The Balaban J connectivity index is 1.89. The molecule has 1 aromatic heterocycles. The highest BCUT2D eigenvalue weighted by Crippen LogP contribution is 2.17. The Morgan fingerprint density at radius 1 is 1.38 bits per heavy atom. The highest BCUT2D eigenvalue weighted by molar-refractivity contribution is 5.93. The molecule has 3 N–H and O–H groups in total. The normalized spacial score (nSPS) is 10.9. The highest BCUT2D eigenvalue weighted by atomic mass is 16.5. The Hall–Kier alpha value is -2.34. The molecule has 0 atom stereocenters. The molecule has 21 heavy (non-hydrogen) atoms. The summed E-state index contributed by atoms with van der Waals surface area (Å²) in [5, 5.41) is 6.79. The van der Waals surface area contributed by atoms with E-state index in [4.69, 9.17) is 10.3 Å². The monoisotopic (exact) mass is 288 g/mol. The van der Waals surface area contributed by atoms with Crippen molar-refractivity contribution in [2.45, 2.75) is 20.4 Å². The first-order valence-electron chi connectivity index (χ1n) is 6.71. The zero-order valence-corrected chi connectivity index (χ0v) is 12.5. The van der Waals surface area contributed by atoms with Gasteiger partial charge in [0.15, 0.2) is 0 Å². The minimum absolute atomic E-state index is 0.0782. The van der Waals surface area contributed by atoms with E-state index in [1.54, 1.807) is 6.07 Å². The molecule has 0 fully saturated rings. The molecule has 0 unspecified atom stereocenters. The van der Waals surface area contributed by atoms with Gasteiger partial charge in [0.1, 0.15) is 5.76 Å². The zero-order valence-electron chi connectivity index (χ0n) is 12.5. The van der Waals surface area contributed by atoms with Gasteiger partial charge in [-0.1, -0.05) is 5.16 Å². The van der Waals surface area contributed by atoms with Crippen LogP contribution in [-0.4, -0.2) is 29.6 Å². The summed E-state index contributed by atoms with van der Waals surface area (Å²) in [7, 11) is 1.86. The maximum Gasteiger partial charge on any atom is 0.238 e. The van der Waals surface area contributed by atoms with Gasteiger partial charge in [-0.05, 0) is 44.7 Å². The van der Waals surface area contributed by atoms with Gasteiger partial charge in [-0.2, -0.15) is 0 Å². The Kier molecular flexibility index (Phi) is 4.59. The Bertz CT molecular complexity index is 636. The van der Waals surface area contributed by atoms with Gasteiger partial charge in [-0.15, -0.1) is 0 Å². The van der Waals surface area contributed by atoms with E-state index in [-0.39, 0.29) is 12.5 Å². The van der Waals surface area contributed by atoms with Gasteiger partial charge in [-0.25, -0.2) is 0 Å². The molecule has 1 amide bonds. The molecule has 0 saturated heterocycles. The maximum absolute atomic E-state index is 12.0. The number of likely N-dealkylation sites (N-methyl/N-ethyl adjacent to an activating group) is 1. The first-order chi connectivity index (χ1) is 9.94.